The van der Waals surface area contributed by atoms with E-state index < -0.39 is 5.97 Å². The van der Waals surface area contributed by atoms with Crippen LogP contribution in [0, 0.1) is 12.8 Å². The van der Waals surface area contributed by atoms with Gasteiger partial charge < -0.3 is 14.6 Å². The maximum absolute atomic E-state index is 11.0. The first-order valence-electron chi connectivity index (χ1n) is 6.51. The molecule has 0 aliphatic heterocycles. The predicted octanol–water partition coefficient (Wildman–Crippen LogP) is 2.98. The fourth-order valence-corrected chi connectivity index (χ4v) is 2.56. The number of carboxylic acids is 1. The fraction of sp³-hybridized carbons (Fsp3) is 0.533. The van der Waals surface area contributed by atoms with Gasteiger partial charge in [-0.05, 0) is 49.3 Å². The first-order valence-corrected chi connectivity index (χ1v) is 6.51. The second kappa shape index (κ2) is 5.51. The summed E-state index contributed by atoms with van der Waals surface area (Å²) >= 11 is 0. The molecule has 1 unspecified atom stereocenters. The summed E-state index contributed by atoms with van der Waals surface area (Å²) in [6.07, 6.45) is 2.38. The van der Waals surface area contributed by atoms with E-state index in [1.807, 2.05) is 19.1 Å². The van der Waals surface area contributed by atoms with Crippen molar-refractivity contribution < 1.29 is 19.4 Å². The lowest BCUT2D eigenvalue weighted by molar-refractivity contribution is -0.137. The number of hydrogen-bond acceptors (Lipinski definition) is 3. The minimum atomic E-state index is -0.754. The molecule has 0 heterocycles. The van der Waals surface area contributed by atoms with E-state index in [1.54, 1.807) is 14.2 Å². The van der Waals surface area contributed by atoms with Gasteiger partial charge in [0.05, 0.1) is 20.6 Å². The molecule has 19 heavy (non-hydrogen) atoms. The molecular formula is C15H20O4. The van der Waals surface area contributed by atoms with E-state index >= 15 is 0 Å². The molecule has 0 spiro atoms. The van der Waals surface area contributed by atoms with Crippen molar-refractivity contribution >= 4 is 5.97 Å². The molecule has 1 N–H and O–H groups in total. The summed E-state index contributed by atoms with van der Waals surface area (Å²) in [4.78, 5) is 11.0. The largest absolute Gasteiger partial charge is 0.496 e. The Hall–Kier alpha value is -1.71. The highest BCUT2D eigenvalue weighted by Crippen LogP contribution is 2.46. The van der Waals surface area contributed by atoms with E-state index in [9.17, 15) is 4.79 Å². The van der Waals surface area contributed by atoms with Crippen LogP contribution in [0.2, 0.25) is 0 Å². The van der Waals surface area contributed by atoms with E-state index in [1.165, 1.54) is 0 Å². The molecule has 104 valence electrons. The van der Waals surface area contributed by atoms with Gasteiger partial charge in [-0.25, -0.2) is 0 Å². The van der Waals surface area contributed by atoms with Crippen LogP contribution in [-0.2, 0) is 4.79 Å². The fourth-order valence-electron chi connectivity index (χ4n) is 2.56. The molecule has 0 saturated heterocycles. The van der Waals surface area contributed by atoms with Crippen molar-refractivity contribution in [1.29, 1.82) is 0 Å². The second-order valence-corrected chi connectivity index (χ2v) is 5.09. The first kappa shape index (κ1) is 13.7. The zero-order valence-corrected chi connectivity index (χ0v) is 11.6. The molecule has 1 fully saturated rings. The maximum atomic E-state index is 11.0. The maximum Gasteiger partial charge on any atom is 0.303 e. The van der Waals surface area contributed by atoms with E-state index in [0.717, 1.165) is 35.5 Å². The van der Waals surface area contributed by atoms with Crippen LogP contribution in [0.15, 0.2) is 12.1 Å². The molecule has 0 radical (unpaired) electrons. The number of ether oxygens (including phenoxy) is 2. The van der Waals surface area contributed by atoms with E-state index in [4.69, 9.17) is 14.6 Å². The molecule has 2 rings (SSSR count). The molecule has 0 aromatic heterocycles. The number of aliphatic carboxylic acids is 1. The van der Waals surface area contributed by atoms with Gasteiger partial charge in [0.2, 0.25) is 0 Å². The molecular weight excluding hydrogens is 244 g/mol. The van der Waals surface area contributed by atoms with Crippen molar-refractivity contribution in [3.05, 3.63) is 23.3 Å². The SMILES string of the molecule is COc1cc(C(CC(=O)O)C2CC2)cc(OC)c1C. The molecule has 1 aliphatic carbocycles. The Morgan fingerprint density at radius 1 is 1.32 bits per heavy atom. The van der Waals surface area contributed by atoms with Crippen LogP contribution < -0.4 is 9.47 Å². The number of hydrogen-bond donors (Lipinski definition) is 1. The van der Waals surface area contributed by atoms with Crippen LogP contribution in [0.3, 0.4) is 0 Å². The van der Waals surface area contributed by atoms with Crippen molar-refractivity contribution in [3.63, 3.8) is 0 Å². The Bertz CT molecular complexity index is 452. The van der Waals surface area contributed by atoms with Gasteiger partial charge in [-0.2, -0.15) is 0 Å². The lowest BCUT2D eigenvalue weighted by Crippen LogP contribution is -2.09. The molecule has 1 saturated carbocycles. The molecule has 4 nitrogen and oxygen atoms in total. The van der Waals surface area contributed by atoms with Gasteiger partial charge >= 0.3 is 5.97 Å². The third kappa shape index (κ3) is 3.00. The van der Waals surface area contributed by atoms with Gasteiger partial charge in [-0.1, -0.05) is 0 Å². The topological polar surface area (TPSA) is 55.8 Å². The van der Waals surface area contributed by atoms with Crippen LogP contribution in [0.5, 0.6) is 11.5 Å². The minimum Gasteiger partial charge on any atom is -0.496 e. The average Bonchev–Trinajstić information content (AvgIpc) is 3.20. The van der Waals surface area contributed by atoms with Crippen molar-refractivity contribution in [3.8, 4) is 11.5 Å². The highest BCUT2D eigenvalue weighted by molar-refractivity contribution is 5.68. The molecule has 1 atom stereocenters. The molecule has 0 amide bonds. The summed E-state index contributed by atoms with van der Waals surface area (Å²) in [7, 11) is 3.24. The van der Waals surface area contributed by atoms with E-state index in [0.29, 0.717) is 5.92 Å². The lowest BCUT2D eigenvalue weighted by Gasteiger charge is -2.18. The first-order chi connectivity index (χ1) is 9.06. The molecule has 0 bridgehead atoms. The Kier molecular flexibility index (Phi) is 3.98. The van der Waals surface area contributed by atoms with Crippen molar-refractivity contribution in [2.24, 2.45) is 5.92 Å². The second-order valence-electron chi connectivity index (χ2n) is 5.09. The Balaban J connectivity index is 2.38. The summed E-state index contributed by atoms with van der Waals surface area (Å²) in [5.74, 6) is 1.29. The molecule has 4 heteroatoms. The summed E-state index contributed by atoms with van der Waals surface area (Å²) in [6.45, 7) is 1.94. The summed E-state index contributed by atoms with van der Waals surface area (Å²) in [6, 6.07) is 3.90. The van der Waals surface area contributed by atoms with Crippen molar-refractivity contribution in [2.75, 3.05) is 14.2 Å². The van der Waals surface area contributed by atoms with Gasteiger partial charge in [0, 0.05) is 5.56 Å². The number of rotatable bonds is 6. The summed E-state index contributed by atoms with van der Waals surface area (Å²) in [5.41, 5.74) is 1.95. The van der Waals surface area contributed by atoms with Gasteiger partial charge in [-0.15, -0.1) is 0 Å². The number of methoxy groups -OCH3 is 2. The normalized spacial score (nSPS) is 15.9. The molecule has 1 aliphatic rings. The van der Waals surface area contributed by atoms with Crippen LogP contribution in [-0.4, -0.2) is 25.3 Å². The quantitative estimate of drug-likeness (QED) is 0.858. The van der Waals surface area contributed by atoms with Crippen LogP contribution in [0.1, 0.15) is 36.3 Å². The summed E-state index contributed by atoms with van der Waals surface area (Å²) in [5, 5.41) is 9.07. The Labute approximate surface area is 113 Å². The zero-order chi connectivity index (χ0) is 14.0. The monoisotopic (exact) mass is 264 g/mol. The zero-order valence-electron chi connectivity index (χ0n) is 11.6. The van der Waals surface area contributed by atoms with E-state index in [-0.39, 0.29) is 12.3 Å². The van der Waals surface area contributed by atoms with Gasteiger partial charge in [0.25, 0.3) is 0 Å². The van der Waals surface area contributed by atoms with Crippen LogP contribution >= 0.6 is 0 Å². The van der Waals surface area contributed by atoms with Gasteiger partial charge in [-0.3, -0.25) is 4.79 Å². The summed E-state index contributed by atoms with van der Waals surface area (Å²) < 4.78 is 10.7. The standard InChI is InChI=1S/C15H20O4/c1-9-13(18-2)6-11(7-14(9)19-3)12(8-15(16)17)10-4-5-10/h6-7,10,12H,4-5,8H2,1-3H3,(H,16,17). The third-order valence-electron chi connectivity index (χ3n) is 3.79. The number of benzene rings is 1. The van der Waals surface area contributed by atoms with Crippen LogP contribution in [0.25, 0.3) is 0 Å². The Morgan fingerprint density at radius 3 is 2.21 bits per heavy atom. The Morgan fingerprint density at radius 2 is 1.84 bits per heavy atom. The van der Waals surface area contributed by atoms with Gasteiger partial charge in [0.1, 0.15) is 11.5 Å². The molecule has 1 aromatic carbocycles. The molecule has 1 aromatic rings. The number of carboxylic acid groups (broad SMARTS) is 1. The van der Waals surface area contributed by atoms with Gasteiger partial charge in [0.15, 0.2) is 0 Å². The minimum absolute atomic E-state index is 0.0564. The lowest BCUT2D eigenvalue weighted by atomic mass is 9.90. The average molecular weight is 264 g/mol. The highest BCUT2D eigenvalue weighted by atomic mass is 16.5. The van der Waals surface area contributed by atoms with E-state index in [2.05, 4.69) is 0 Å². The van der Waals surface area contributed by atoms with Crippen molar-refractivity contribution in [1.82, 2.24) is 0 Å². The highest BCUT2D eigenvalue weighted by Gasteiger charge is 2.34. The smallest absolute Gasteiger partial charge is 0.303 e. The predicted molar refractivity (Wildman–Crippen MR) is 72.0 cm³/mol. The van der Waals surface area contributed by atoms with Crippen LogP contribution in [0.4, 0.5) is 0 Å². The number of carbonyl (C=O) groups is 1. The third-order valence-corrected chi connectivity index (χ3v) is 3.79. The van der Waals surface area contributed by atoms with Crippen molar-refractivity contribution in [2.45, 2.75) is 32.1 Å².